The number of benzene rings is 2. The number of carbonyl (C=O) groups excluding carboxylic acids is 2. The van der Waals surface area contributed by atoms with Gasteiger partial charge in [0.25, 0.3) is 0 Å². The summed E-state index contributed by atoms with van der Waals surface area (Å²) in [7, 11) is 0. The van der Waals surface area contributed by atoms with Crippen LogP contribution in [-0.4, -0.2) is 58.5 Å². The van der Waals surface area contributed by atoms with Crippen LogP contribution in [-0.2, 0) is 20.7 Å². The molecule has 1 aromatic heterocycles. The number of rotatable bonds is 9. The molecule has 2 amide bonds. The first-order chi connectivity index (χ1) is 16.5. The number of fused-ring (bicyclic) bond motifs is 3. The molecule has 1 unspecified atom stereocenters. The van der Waals surface area contributed by atoms with Gasteiger partial charge in [-0.15, -0.1) is 11.3 Å². The second kappa shape index (κ2) is 10.4. The number of aliphatic hydroxyl groups excluding tert-OH is 1. The van der Waals surface area contributed by atoms with E-state index in [1.165, 1.54) is 11.3 Å². The van der Waals surface area contributed by atoms with E-state index < -0.39 is 36.7 Å². The number of carboxylic acids is 1. The summed E-state index contributed by atoms with van der Waals surface area (Å²) in [5.41, 5.74) is 5.90. The van der Waals surface area contributed by atoms with Crippen LogP contribution in [0.1, 0.15) is 21.9 Å². The van der Waals surface area contributed by atoms with Gasteiger partial charge < -0.3 is 25.6 Å². The molecule has 4 N–H and O–H groups in total. The van der Waals surface area contributed by atoms with E-state index in [9.17, 15) is 19.5 Å². The number of carbonyl (C=O) groups is 3. The molecule has 0 aliphatic heterocycles. The lowest BCUT2D eigenvalue weighted by atomic mass is 9.98. The number of aromatic nitrogens is 1. The number of amides is 2. The molecular formula is C24H23N3O6S. The van der Waals surface area contributed by atoms with Crippen LogP contribution >= 0.6 is 11.3 Å². The highest BCUT2D eigenvalue weighted by Gasteiger charge is 2.31. The van der Waals surface area contributed by atoms with E-state index in [-0.39, 0.29) is 18.9 Å². The van der Waals surface area contributed by atoms with E-state index in [4.69, 9.17) is 9.84 Å². The van der Waals surface area contributed by atoms with E-state index >= 15 is 0 Å². The van der Waals surface area contributed by atoms with Crippen LogP contribution in [0.15, 0.2) is 60.2 Å². The van der Waals surface area contributed by atoms with Gasteiger partial charge in [0.15, 0.2) is 0 Å². The maximum atomic E-state index is 12.7. The lowest BCUT2D eigenvalue weighted by Crippen LogP contribution is -2.53. The fourth-order valence-electron chi connectivity index (χ4n) is 3.99. The van der Waals surface area contributed by atoms with Gasteiger partial charge in [-0.1, -0.05) is 48.5 Å². The predicted octanol–water partition coefficient (Wildman–Crippen LogP) is 2.15. The minimum atomic E-state index is -1.49. The summed E-state index contributed by atoms with van der Waals surface area (Å²) in [4.78, 5) is 41.2. The Bertz CT molecular complexity index is 1140. The first-order valence-electron chi connectivity index (χ1n) is 10.6. The van der Waals surface area contributed by atoms with Crippen molar-refractivity contribution in [3.8, 4) is 11.1 Å². The van der Waals surface area contributed by atoms with E-state index in [0.717, 1.165) is 27.1 Å². The number of thiazole rings is 1. The Kier molecular flexibility index (Phi) is 7.19. The molecule has 0 fully saturated rings. The molecule has 2 atom stereocenters. The number of nitrogens with zero attached hydrogens (tertiary/aromatic N) is 1. The number of ether oxygens (including phenoxy) is 1. The van der Waals surface area contributed by atoms with Crippen molar-refractivity contribution in [1.29, 1.82) is 0 Å². The van der Waals surface area contributed by atoms with Gasteiger partial charge in [-0.05, 0) is 22.3 Å². The zero-order chi connectivity index (χ0) is 24.1. The Morgan fingerprint density at radius 2 is 1.65 bits per heavy atom. The highest BCUT2D eigenvalue weighted by Crippen LogP contribution is 2.44. The number of nitrogens with one attached hydrogen (secondary N) is 2. The Morgan fingerprint density at radius 1 is 1.00 bits per heavy atom. The Balaban J connectivity index is 1.45. The maximum Gasteiger partial charge on any atom is 0.407 e. The first kappa shape index (κ1) is 23.4. The maximum absolute atomic E-state index is 12.7. The average molecular weight is 482 g/mol. The van der Waals surface area contributed by atoms with Crippen LogP contribution in [0, 0.1) is 0 Å². The van der Waals surface area contributed by atoms with Gasteiger partial charge in [0, 0.05) is 23.4 Å². The SMILES string of the molecule is O=C(NC(Cc1cncs1)C(=O)N[C@@H](CO)C(=O)O)OCC1c2ccccc2-c2ccccc21. The largest absolute Gasteiger partial charge is 0.480 e. The van der Waals surface area contributed by atoms with Gasteiger partial charge in [-0.25, -0.2) is 9.59 Å². The minimum absolute atomic E-state index is 0.0726. The number of aliphatic hydroxyl groups is 1. The van der Waals surface area contributed by atoms with E-state index in [1.807, 2.05) is 48.5 Å². The van der Waals surface area contributed by atoms with Gasteiger partial charge in [0.05, 0.1) is 12.1 Å². The smallest absolute Gasteiger partial charge is 0.407 e. The predicted molar refractivity (Wildman–Crippen MR) is 124 cm³/mol. The van der Waals surface area contributed by atoms with Gasteiger partial charge in [0.1, 0.15) is 18.7 Å². The van der Waals surface area contributed by atoms with Crippen molar-refractivity contribution >= 4 is 29.3 Å². The number of aliphatic carboxylic acids is 1. The number of hydrogen-bond donors (Lipinski definition) is 4. The summed E-state index contributed by atoms with van der Waals surface area (Å²) in [6, 6.07) is 13.3. The third-order valence-corrected chi connectivity index (χ3v) is 6.44. The molecule has 0 bridgehead atoms. The molecule has 0 saturated heterocycles. The van der Waals surface area contributed by atoms with Crippen molar-refractivity contribution in [2.75, 3.05) is 13.2 Å². The van der Waals surface area contributed by atoms with Gasteiger partial charge in [-0.3, -0.25) is 9.78 Å². The van der Waals surface area contributed by atoms with Gasteiger partial charge in [0.2, 0.25) is 5.91 Å². The van der Waals surface area contributed by atoms with Gasteiger partial charge >= 0.3 is 12.1 Å². The van der Waals surface area contributed by atoms with Crippen molar-refractivity contribution in [2.24, 2.45) is 0 Å². The monoisotopic (exact) mass is 481 g/mol. The fraction of sp³-hybridized carbons (Fsp3) is 0.250. The van der Waals surface area contributed by atoms with Crippen molar-refractivity contribution in [3.05, 3.63) is 76.2 Å². The lowest BCUT2D eigenvalue weighted by molar-refractivity contribution is -0.143. The zero-order valence-corrected chi connectivity index (χ0v) is 18.8. The molecule has 1 aliphatic rings. The zero-order valence-electron chi connectivity index (χ0n) is 18.0. The van der Waals surface area contributed by atoms with Crippen LogP contribution in [0.4, 0.5) is 4.79 Å². The Hall–Kier alpha value is -3.76. The summed E-state index contributed by atoms with van der Waals surface area (Å²) in [5.74, 6) is -2.27. The van der Waals surface area contributed by atoms with E-state index in [0.29, 0.717) is 0 Å². The molecule has 3 aromatic rings. The van der Waals surface area contributed by atoms with Crippen molar-refractivity contribution in [2.45, 2.75) is 24.4 Å². The molecule has 176 valence electrons. The quantitative estimate of drug-likeness (QED) is 0.367. The number of hydrogen-bond acceptors (Lipinski definition) is 7. The van der Waals surface area contributed by atoms with Crippen LogP contribution < -0.4 is 10.6 Å². The van der Waals surface area contributed by atoms with Gasteiger partial charge in [-0.2, -0.15) is 0 Å². The topological polar surface area (TPSA) is 138 Å². The first-order valence-corrected chi connectivity index (χ1v) is 11.5. The van der Waals surface area contributed by atoms with E-state index in [2.05, 4.69) is 15.6 Å². The highest BCUT2D eigenvalue weighted by molar-refractivity contribution is 7.09. The van der Waals surface area contributed by atoms with Crippen LogP contribution in [0.25, 0.3) is 11.1 Å². The second-order valence-electron chi connectivity index (χ2n) is 7.78. The molecule has 10 heteroatoms. The average Bonchev–Trinajstić information content (AvgIpc) is 3.46. The summed E-state index contributed by atoms with van der Waals surface area (Å²) < 4.78 is 5.51. The third-order valence-electron chi connectivity index (χ3n) is 5.64. The molecule has 1 aliphatic carbocycles. The molecule has 0 saturated carbocycles. The third kappa shape index (κ3) is 5.08. The molecular weight excluding hydrogens is 458 g/mol. The van der Waals surface area contributed by atoms with Crippen molar-refractivity contribution < 1.29 is 29.3 Å². The van der Waals surface area contributed by atoms with Crippen molar-refractivity contribution in [3.63, 3.8) is 0 Å². The summed E-state index contributed by atoms with van der Waals surface area (Å²) in [5, 5.41) is 23.1. The second-order valence-corrected chi connectivity index (χ2v) is 8.75. The molecule has 0 spiro atoms. The molecule has 4 rings (SSSR count). The fourth-order valence-corrected chi connectivity index (χ4v) is 4.64. The minimum Gasteiger partial charge on any atom is -0.480 e. The van der Waals surface area contributed by atoms with E-state index in [1.54, 1.807) is 11.7 Å². The van der Waals surface area contributed by atoms with Crippen LogP contribution in [0.3, 0.4) is 0 Å². The van der Waals surface area contributed by atoms with Crippen LogP contribution in [0.5, 0.6) is 0 Å². The molecule has 2 aromatic carbocycles. The normalized spacial score (nSPS) is 13.9. The number of alkyl carbamates (subject to hydrolysis) is 1. The number of carboxylic acid groups (broad SMARTS) is 1. The Morgan fingerprint density at radius 3 is 2.21 bits per heavy atom. The molecule has 0 radical (unpaired) electrons. The standard InChI is InChI=1S/C24H23N3O6S/c28-11-21(23(30)31)26-22(29)20(9-14-10-25-13-34-14)27-24(32)33-12-19-17-7-3-1-5-15(17)16-6-2-4-8-18(16)19/h1-8,10,13,19-21,28H,9,11-12H2,(H,26,29)(H,27,32)(H,30,31)/t20?,21-/m0/s1. The molecule has 34 heavy (non-hydrogen) atoms. The van der Waals surface area contributed by atoms with Crippen LogP contribution in [0.2, 0.25) is 0 Å². The molecule has 9 nitrogen and oxygen atoms in total. The molecule has 1 heterocycles. The summed E-state index contributed by atoms with van der Waals surface area (Å²) in [6.07, 6.45) is 0.853. The van der Waals surface area contributed by atoms with Crippen molar-refractivity contribution in [1.82, 2.24) is 15.6 Å². The highest BCUT2D eigenvalue weighted by atomic mass is 32.1. The summed E-state index contributed by atoms with van der Waals surface area (Å²) in [6.45, 7) is -0.706. The lowest BCUT2D eigenvalue weighted by Gasteiger charge is -2.21. The Labute approximate surface area is 199 Å². The summed E-state index contributed by atoms with van der Waals surface area (Å²) >= 11 is 1.30.